The molecule has 0 bridgehead atoms. The topological polar surface area (TPSA) is 111 Å². The van der Waals surface area contributed by atoms with Crippen molar-refractivity contribution in [2.75, 3.05) is 13.2 Å². The Hall–Kier alpha value is -3.22. The van der Waals surface area contributed by atoms with E-state index in [0.29, 0.717) is 13.2 Å². The molecule has 0 amide bonds. The summed E-state index contributed by atoms with van der Waals surface area (Å²) in [7, 11) is -3.59. The number of nitrogens with one attached hydrogen (secondary N) is 1. The molecule has 1 aromatic heterocycles. The molecule has 12 heteroatoms. The maximum absolute atomic E-state index is 12.6. The zero-order valence-corrected chi connectivity index (χ0v) is 19.5. The van der Waals surface area contributed by atoms with Crippen molar-refractivity contribution in [3.63, 3.8) is 0 Å². The van der Waals surface area contributed by atoms with Crippen LogP contribution in [0, 0.1) is 6.92 Å². The molecule has 188 valence electrons. The van der Waals surface area contributed by atoms with Gasteiger partial charge in [-0.05, 0) is 36.6 Å². The van der Waals surface area contributed by atoms with E-state index in [2.05, 4.69) is 22.0 Å². The number of ether oxygens (including phenoxy) is 1. The van der Waals surface area contributed by atoms with Crippen LogP contribution < -0.4 is 4.72 Å². The number of hydrogen-bond acceptors (Lipinski definition) is 5. The summed E-state index contributed by atoms with van der Waals surface area (Å²) in [5.74, 6) is -2.76. The molecule has 1 aliphatic rings. The number of aromatic nitrogens is 2. The second-order valence-electron chi connectivity index (χ2n) is 7.80. The maximum atomic E-state index is 12.6. The molecule has 1 unspecified atom stereocenters. The van der Waals surface area contributed by atoms with Crippen LogP contribution >= 0.6 is 0 Å². The summed E-state index contributed by atoms with van der Waals surface area (Å²) in [6.45, 7) is 3.31. The summed E-state index contributed by atoms with van der Waals surface area (Å²) in [5.41, 5.74) is 4.11. The number of nitrogens with zero attached hydrogens (tertiary/aromatic N) is 2. The van der Waals surface area contributed by atoms with Crippen molar-refractivity contribution in [1.29, 1.82) is 0 Å². The van der Waals surface area contributed by atoms with Gasteiger partial charge >= 0.3 is 12.1 Å². The summed E-state index contributed by atoms with van der Waals surface area (Å²) in [5, 5.41) is 11.8. The van der Waals surface area contributed by atoms with Crippen LogP contribution in [-0.2, 0) is 32.5 Å². The van der Waals surface area contributed by atoms with E-state index in [1.807, 2.05) is 36.0 Å². The third-order valence-corrected chi connectivity index (χ3v) is 6.52. The Morgan fingerprint density at radius 2 is 1.80 bits per heavy atom. The van der Waals surface area contributed by atoms with E-state index in [0.717, 1.165) is 23.2 Å². The first-order chi connectivity index (χ1) is 16.5. The van der Waals surface area contributed by atoms with Crippen molar-refractivity contribution in [2.45, 2.75) is 37.1 Å². The Morgan fingerprint density at radius 3 is 2.40 bits per heavy atom. The fourth-order valence-electron chi connectivity index (χ4n) is 3.32. The molecule has 0 aliphatic carbocycles. The number of halogens is 3. The molecule has 1 atom stereocenters. The Kier molecular flexibility index (Phi) is 8.30. The molecule has 0 saturated heterocycles. The van der Waals surface area contributed by atoms with Crippen molar-refractivity contribution in [1.82, 2.24) is 14.5 Å². The normalized spacial score (nSPS) is 15.6. The van der Waals surface area contributed by atoms with Crippen LogP contribution in [0.2, 0.25) is 0 Å². The Balaban J connectivity index is 0.000000429. The van der Waals surface area contributed by atoms with Gasteiger partial charge in [-0.3, -0.25) is 4.68 Å². The largest absolute Gasteiger partial charge is 0.490 e. The lowest BCUT2D eigenvalue weighted by Gasteiger charge is -2.22. The maximum Gasteiger partial charge on any atom is 0.490 e. The van der Waals surface area contributed by atoms with Crippen molar-refractivity contribution in [2.24, 2.45) is 0 Å². The number of carboxylic acid groups (broad SMARTS) is 1. The molecule has 2 N–H and O–H groups in total. The molecule has 0 radical (unpaired) electrons. The molecule has 0 saturated carbocycles. The van der Waals surface area contributed by atoms with E-state index in [4.69, 9.17) is 14.6 Å². The second kappa shape index (κ2) is 11.0. The van der Waals surface area contributed by atoms with Gasteiger partial charge in [-0.15, -0.1) is 0 Å². The minimum absolute atomic E-state index is 0.158. The molecule has 2 aromatic carbocycles. The van der Waals surface area contributed by atoms with E-state index in [-0.39, 0.29) is 17.5 Å². The molecule has 2 heterocycles. The monoisotopic (exact) mass is 511 g/mol. The average Bonchev–Trinajstić information content (AvgIpc) is 3.21. The molecule has 3 aromatic rings. The second-order valence-corrected chi connectivity index (χ2v) is 9.57. The highest BCUT2D eigenvalue weighted by Gasteiger charge is 2.38. The van der Waals surface area contributed by atoms with Crippen molar-refractivity contribution in [3.8, 4) is 0 Å². The van der Waals surface area contributed by atoms with E-state index >= 15 is 0 Å². The van der Waals surface area contributed by atoms with Crippen LogP contribution in [0.4, 0.5) is 13.2 Å². The van der Waals surface area contributed by atoms with E-state index < -0.39 is 22.2 Å². The minimum atomic E-state index is -5.08. The summed E-state index contributed by atoms with van der Waals surface area (Å²) < 4.78 is 67.2. The Labute approximate surface area is 200 Å². The van der Waals surface area contributed by atoms with Crippen LogP contribution in [0.25, 0.3) is 0 Å². The smallest absolute Gasteiger partial charge is 0.475 e. The van der Waals surface area contributed by atoms with Crippen LogP contribution in [0.1, 0.15) is 28.5 Å². The number of carbonyl (C=O) groups is 1. The van der Waals surface area contributed by atoms with Gasteiger partial charge in [0, 0.05) is 12.7 Å². The van der Waals surface area contributed by atoms with Crippen molar-refractivity contribution < 1.29 is 36.2 Å². The van der Waals surface area contributed by atoms with Crippen LogP contribution in [0.5, 0.6) is 0 Å². The van der Waals surface area contributed by atoms with Crippen LogP contribution in [-0.4, -0.2) is 48.6 Å². The standard InChI is InChI=1S/C21H23N3O3S.C2HF3O2/c1-16-7-9-19(10-8-16)28(25,26)22-13-20-21-18(11-12-27-20)15-24(23-21)14-17-5-3-2-4-6-17;3-2(4,5)1(6)7/h2-10,15,20,22H,11-14H2,1H3;(H,6,7). The van der Waals surface area contributed by atoms with Crippen LogP contribution in [0.3, 0.4) is 0 Å². The third-order valence-electron chi connectivity index (χ3n) is 5.09. The number of aliphatic carboxylic acids is 1. The minimum Gasteiger partial charge on any atom is -0.475 e. The predicted molar refractivity (Wildman–Crippen MR) is 120 cm³/mol. The first-order valence-corrected chi connectivity index (χ1v) is 12.0. The molecule has 0 spiro atoms. The number of sulfonamides is 1. The summed E-state index contributed by atoms with van der Waals surface area (Å²) >= 11 is 0. The first-order valence-electron chi connectivity index (χ1n) is 10.5. The summed E-state index contributed by atoms with van der Waals surface area (Å²) in [4.78, 5) is 9.15. The highest BCUT2D eigenvalue weighted by molar-refractivity contribution is 7.89. The van der Waals surface area contributed by atoms with Crippen LogP contribution in [0.15, 0.2) is 65.7 Å². The highest BCUT2D eigenvalue weighted by Crippen LogP contribution is 2.26. The van der Waals surface area contributed by atoms with Gasteiger partial charge < -0.3 is 9.84 Å². The van der Waals surface area contributed by atoms with Gasteiger partial charge in [0.2, 0.25) is 10.0 Å². The van der Waals surface area contributed by atoms with Gasteiger partial charge in [-0.25, -0.2) is 17.9 Å². The lowest BCUT2D eigenvalue weighted by Crippen LogP contribution is -2.32. The lowest BCUT2D eigenvalue weighted by atomic mass is 10.1. The quantitative estimate of drug-likeness (QED) is 0.525. The van der Waals surface area contributed by atoms with Crippen molar-refractivity contribution in [3.05, 3.63) is 83.2 Å². The fourth-order valence-corrected chi connectivity index (χ4v) is 4.36. The molecule has 8 nitrogen and oxygen atoms in total. The predicted octanol–water partition coefficient (Wildman–Crippen LogP) is 3.47. The zero-order valence-electron chi connectivity index (χ0n) is 18.7. The molecular weight excluding hydrogens is 487 g/mol. The Bertz CT molecular complexity index is 1240. The van der Waals surface area contributed by atoms with Gasteiger partial charge in [0.05, 0.1) is 23.7 Å². The number of fused-ring (bicyclic) bond motifs is 1. The number of rotatable bonds is 6. The number of hydrogen-bond donors (Lipinski definition) is 2. The molecule has 1 aliphatic heterocycles. The van der Waals surface area contributed by atoms with Crippen molar-refractivity contribution >= 4 is 16.0 Å². The zero-order chi connectivity index (χ0) is 25.6. The number of alkyl halides is 3. The molecule has 0 fully saturated rings. The van der Waals surface area contributed by atoms with Gasteiger partial charge in [0.1, 0.15) is 6.10 Å². The van der Waals surface area contributed by atoms with E-state index in [1.54, 1.807) is 24.3 Å². The Morgan fingerprint density at radius 1 is 1.17 bits per heavy atom. The molecule has 35 heavy (non-hydrogen) atoms. The van der Waals surface area contributed by atoms with Gasteiger partial charge in [-0.2, -0.15) is 18.3 Å². The third kappa shape index (κ3) is 7.38. The average molecular weight is 512 g/mol. The SMILES string of the molecule is Cc1ccc(S(=O)(=O)NCC2OCCc3cn(Cc4ccccc4)nc32)cc1.O=C(O)C(F)(F)F. The summed E-state index contributed by atoms with van der Waals surface area (Å²) in [6, 6.07) is 16.9. The highest BCUT2D eigenvalue weighted by atomic mass is 32.2. The first kappa shape index (κ1) is 26.4. The number of benzene rings is 2. The molecule has 4 rings (SSSR count). The summed E-state index contributed by atoms with van der Waals surface area (Å²) in [6.07, 6.45) is -2.65. The van der Waals surface area contributed by atoms with Gasteiger partial charge in [0.15, 0.2) is 0 Å². The number of carboxylic acids is 1. The molecular formula is C23H24F3N3O5S. The fraction of sp³-hybridized carbons (Fsp3) is 0.304. The van der Waals surface area contributed by atoms with Gasteiger partial charge in [0.25, 0.3) is 0 Å². The van der Waals surface area contributed by atoms with E-state index in [9.17, 15) is 21.6 Å². The number of aryl methyl sites for hydroxylation is 1. The lowest BCUT2D eigenvalue weighted by molar-refractivity contribution is -0.192. The van der Waals surface area contributed by atoms with E-state index in [1.165, 1.54) is 5.56 Å². The van der Waals surface area contributed by atoms with Gasteiger partial charge in [-0.1, -0.05) is 48.0 Å².